The van der Waals surface area contributed by atoms with Crippen LogP contribution in [0.15, 0.2) is 158 Å². The van der Waals surface area contributed by atoms with Gasteiger partial charge in [0.25, 0.3) is 0 Å². The summed E-state index contributed by atoms with van der Waals surface area (Å²) in [6.07, 6.45) is 4.23. The normalized spacial score (nSPS) is 12.3. The van der Waals surface area contributed by atoms with Gasteiger partial charge in [-0.3, -0.25) is 0 Å². The van der Waals surface area contributed by atoms with Gasteiger partial charge < -0.3 is 9.47 Å². The highest BCUT2D eigenvalue weighted by Gasteiger charge is 2.21. The van der Waals surface area contributed by atoms with Gasteiger partial charge in [0.05, 0.1) is 14.2 Å². The average Bonchev–Trinajstić information content (AvgIpc) is 3.14. The first kappa shape index (κ1) is 31.7. The van der Waals surface area contributed by atoms with E-state index in [1.165, 1.54) is 44.0 Å². The highest BCUT2D eigenvalue weighted by molar-refractivity contribution is 7.68. The lowest BCUT2D eigenvalue weighted by molar-refractivity contribution is 0.411. The lowest BCUT2D eigenvalue weighted by Gasteiger charge is -2.25. The second-order valence-electron chi connectivity index (χ2n) is 11.3. The highest BCUT2D eigenvalue weighted by Crippen LogP contribution is 2.48. The van der Waals surface area contributed by atoms with E-state index in [2.05, 4.69) is 158 Å². The first-order valence-corrected chi connectivity index (χ1v) is 19.2. The summed E-state index contributed by atoms with van der Waals surface area (Å²) in [6, 6.07) is 57.0. The summed E-state index contributed by atoms with van der Waals surface area (Å²) in [7, 11) is 2.53. The van der Waals surface area contributed by atoms with Gasteiger partial charge in [0.1, 0.15) is 11.5 Å². The maximum Gasteiger partial charge on any atom is 0.122 e. The van der Waals surface area contributed by atoms with Crippen LogP contribution in [0.25, 0.3) is 22.3 Å². The molecule has 230 valence electrons. The topological polar surface area (TPSA) is 18.5 Å². The average molecular weight is 639 g/mol. The molecule has 0 saturated carbocycles. The van der Waals surface area contributed by atoms with Crippen LogP contribution in [0, 0.1) is 0 Å². The van der Waals surface area contributed by atoms with Crippen LogP contribution >= 0.6 is 15.8 Å². The van der Waals surface area contributed by atoms with Crippen LogP contribution in [-0.2, 0) is 12.3 Å². The second-order valence-corrected chi connectivity index (χ2v) is 16.0. The zero-order chi connectivity index (χ0) is 31.6. The minimum atomic E-state index is -0.516. The van der Waals surface area contributed by atoms with Crippen LogP contribution in [0.5, 0.6) is 11.5 Å². The van der Waals surface area contributed by atoms with Crippen LogP contribution in [0.2, 0.25) is 0 Å². The van der Waals surface area contributed by atoms with Crippen LogP contribution in [0.3, 0.4) is 0 Å². The number of hydrogen-bond donors (Lipinski definition) is 0. The number of hydrogen-bond acceptors (Lipinski definition) is 2. The van der Waals surface area contributed by atoms with E-state index in [0.717, 1.165) is 36.1 Å². The van der Waals surface area contributed by atoms with Gasteiger partial charge >= 0.3 is 0 Å². The summed E-state index contributed by atoms with van der Waals surface area (Å²) < 4.78 is 11.7. The van der Waals surface area contributed by atoms with Crippen LogP contribution in [0.4, 0.5) is 0 Å². The molecule has 6 aromatic carbocycles. The molecular formula is C42H40O2P2. The van der Waals surface area contributed by atoms with Gasteiger partial charge in [-0.15, -0.1) is 0 Å². The van der Waals surface area contributed by atoms with E-state index in [9.17, 15) is 0 Å². The van der Waals surface area contributed by atoms with E-state index in [-0.39, 0.29) is 0 Å². The van der Waals surface area contributed by atoms with Crippen molar-refractivity contribution in [3.8, 4) is 33.8 Å². The van der Waals surface area contributed by atoms with Gasteiger partial charge in [0.2, 0.25) is 0 Å². The number of rotatable bonds is 13. The van der Waals surface area contributed by atoms with Crippen molar-refractivity contribution in [2.45, 2.75) is 12.3 Å². The van der Waals surface area contributed by atoms with Crippen molar-refractivity contribution < 1.29 is 9.47 Å². The molecule has 6 aromatic rings. The molecule has 0 aliphatic carbocycles. The Balaban J connectivity index is 1.36. The van der Waals surface area contributed by atoms with Gasteiger partial charge in [-0.25, -0.2) is 0 Å². The maximum atomic E-state index is 5.83. The van der Waals surface area contributed by atoms with E-state index < -0.39 is 15.8 Å². The minimum Gasteiger partial charge on any atom is -0.496 e. The molecule has 0 bridgehead atoms. The molecule has 0 heterocycles. The molecule has 4 heteroatoms. The van der Waals surface area contributed by atoms with Gasteiger partial charge in [-0.2, -0.15) is 0 Å². The van der Waals surface area contributed by atoms with E-state index in [0.29, 0.717) is 0 Å². The van der Waals surface area contributed by atoms with Gasteiger partial charge in [0.15, 0.2) is 0 Å². The second kappa shape index (κ2) is 15.9. The number of para-hydroxylation sites is 2. The molecule has 2 atom stereocenters. The molecule has 0 aliphatic heterocycles. The summed E-state index contributed by atoms with van der Waals surface area (Å²) in [5.74, 6) is 1.95. The third kappa shape index (κ3) is 7.94. The summed E-state index contributed by atoms with van der Waals surface area (Å²) in [4.78, 5) is 0. The fourth-order valence-electron chi connectivity index (χ4n) is 5.94. The molecule has 0 aliphatic rings. The predicted molar refractivity (Wildman–Crippen MR) is 200 cm³/mol. The summed E-state index contributed by atoms with van der Waals surface area (Å²) in [5, 5.41) is 2.88. The van der Waals surface area contributed by atoms with Crippen molar-refractivity contribution in [3.05, 3.63) is 169 Å². The Morgan fingerprint density at radius 2 is 0.761 bits per heavy atom. The Bertz CT molecular complexity index is 1700. The third-order valence-corrected chi connectivity index (χ3v) is 13.7. The summed E-state index contributed by atoms with van der Waals surface area (Å²) in [5.41, 5.74) is 7.62. The molecular weight excluding hydrogens is 598 g/mol. The van der Waals surface area contributed by atoms with Gasteiger partial charge in [-0.05, 0) is 80.6 Å². The molecule has 0 fully saturated rings. The van der Waals surface area contributed by atoms with Gasteiger partial charge in [-0.1, -0.05) is 149 Å². The van der Waals surface area contributed by atoms with Crippen molar-refractivity contribution in [1.82, 2.24) is 0 Å². The summed E-state index contributed by atoms with van der Waals surface area (Å²) >= 11 is 0. The van der Waals surface area contributed by atoms with E-state index in [4.69, 9.17) is 9.47 Å². The SMILES string of the molecule is COc1ccccc1CP(CCP(Cc1ccccc1OC)c1cccc(-c2ccccc2)c1)c1cccc(-c2ccccc2)c1. The standard InChI is InChI=1S/C42H40O2P2/c1-43-41-25-11-9-19-37(41)31-45(39-23-13-21-35(29-39)33-15-5-3-6-16-33)27-28-46(32-38-20-10-12-26-42(38)44-2)40-24-14-22-36(30-40)34-17-7-4-8-18-34/h3-26,29-30H,27-28,31-32H2,1-2H3. The molecule has 0 amide bonds. The minimum absolute atomic E-state index is 0.516. The molecule has 0 radical (unpaired) electrons. The van der Waals surface area contributed by atoms with Crippen LogP contribution in [0.1, 0.15) is 11.1 Å². The lowest BCUT2D eigenvalue weighted by atomic mass is 10.1. The Morgan fingerprint density at radius 3 is 1.17 bits per heavy atom. The first-order chi connectivity index (χ1) is 22.7. The van der Waals surface area contributed by atoms with Crippen molar-refractivity contribution in [2.24, 2.45) is 0 Å². The fourth-order valence-corrected chi connectivity index (χ4v) is 11.7. The Labute approximate surface area is 276 Å². The number of benzene rings is 6. The van der Waals surface area contributed by atoms with Crippen LogP contribution < -0.4 is 20.1 Å². The third-order valence-electron chi connectivity index (χ3n) is 8.38. The lowest BCUT2D eigenvalue weighted by Crippen LogP contribution is -2.12. The fraction of sp³-hybridized carbons (Fsp3) is 0.143. The smallest absolute Gasteiger partial charge is 0.122 e. The molecule has 6 rings (SSSR count). The largest absolute Gasteiger partial charge is 0.496 e. The van der Waals surface area contributed by atoms with Gasteiger partial charge in [0, 0.05) is 12.3 Å². The Kier molecular flexibility index (Phi) is 10.9. The molecule has 0 aromatic heterocycles. The zero-order valence-electron chi connectivity index (χ0n) is 26.6. The highest BCUT2D eigenvalue weighted by atomic mass is 31.1. The van der Waals surface area contributed by atoms with Crippen LogP contribution in [-0.4, -0.2) is 26.5 Å². The Morgan fingerprint density at radius 1 is 0.391 bits per heavy atom. The Hall–Kier alpha value is -4.22. The van der Waals surface area contributed by atoms with Crippen molar-refractivity contribution in [2.75, 3.05) is 26.5 Å². The molecule has 46 heavy (non-hydrogen) atoms. The molecule has 0 saturated heterocycles. The molecule has 2 nitrogen and oxygen atoms in total. The van der Waals surface area contributed by atoms with Crippen molar-refractivity contribution in [1.29, 1.82) is 0 Å². The number of methoxy groups -OCH3 is 2. The number of ether oxygens (including phenoxy) is 2. The first-order valence-electron chi connectivity index (χ1n) is 15.8. The molecule has 0 N–H and O–H groups in total. The quantitative estimate of drug-likeness (QED) is 0.117. The van der Waals surface area contributed by atoms with Crippen molar-refractivity contribution in [3.63, 3.8) is 0 Å². The summed E-state index contributed by atoms with van der Waals surface area (Å²) in [6.45, 7) is 0. The van der Waals surface area contributed by atoms with E-state index in [1.54, 1.807) is 14.2 Å². The zero-order valence-corrected chi connectivity index (χ0v) is 28.3. The maximum absolute atomic E-state index is 5.83. The van der Waals surface area contributed by atoms with Crippen molar-refractivity contribution >= 4 is 26.5 Å². The van der Waals surface area contributed by atoms with E-state index in [1.807, 2.05) is 0 Å². The monoisotopic (exact) mass is 638 g/mol. The predicted octanol–water partition coefficient (Wildman–Crippen LogP) is 10.4. The molecule has 0 spiro atoms. The molecule has 2 unspecified atom stereocenters. The van der Waals surface area contributed by atoms with E-state index >= 15 is 0 Å².